The molecule has 0 bridgehead atoms. The molecule has 0 heterocycles. The molecule has 0 fully saturated rings. The Morgan fingerprint density at radius 3 is 2.75 bits per heavy atom. The van der Waals surface area contributed by atoms with Crippen LogP contribution < -0.4 is 0 Å². The smallest absolute Gasteiger partial charge is 0.150 e. The number of nitrogens with zero attached hydrogens (tertiary/aromatic N) is 1. The largest absolute Gasteiger partial charge is 0.203 e. The fraction of sp³-hybridized carbons (Fsp3) is 0.200. The monoisotopic (exact) mass is 130 g/mol. The van der Waals surface area contributed by atoms with E-state index >= 15 is 0 Å². The van der Waals surface area contributed by atoms with Gasteiger partial charge in [0.05, 0.1) is 0 Å². The molecule has 1 N–H and O–H groups in total. The second-order valence-corrected chi connectivity index (χ2v) is 1.51. The lowest BCUT2D eigenvalue weighted by atomic mass is 10.5. The lowest BCUT2D eigenvalue weighted by Crippen LogP contribution is -1.55. The molecular weight excluding hydrogens is 124 g/mol. The average molecular weight is 131 g/mol. The highest BCUT2D eigenvalue weighted by Crippen LogP contribution is 2.00. The molecule has 0 amide bonds. The topological polar surface area (TPSA) is 36.2 Å². The van der Waals surface area contributed by atoms with Gasteiger partial charge < -0.3 is 0 Å². The van der Waals surface area contributed by atoms with Gasteiger partial charge in [-0.25, -0.2) is 5.53 Å². The molecule has 0 aromatic heterocycles. The van der Waals surface area contributed by atoms with Crippen molar-refractivity contribution in [2.75, 3.05) is 0 Å². The number of hydrogen-bond donors (Lipinski definition) is 1. The lowest BCUT2D eigenvalue weighted by Gasteiger charge is -1.76. The molecule has 0 aliphatic carbocycles. The molecule has 0 aliphatic rings. The molecule has 3 heteroatoms. The third kappa shape index (κ3) is 3.56. The van der Waals surface area contributed by atoms with Crippen molar-refractivity contribution in [3.8, 4) is 0 Å². The first-order valence-electron chi connectivity index (χ1n) is 2.17. The highest BCUT2D eigenvalue weighted by molar-refractivity contribution is 6.29. The summed E-state index contributed by atoms with van der Waals surface area (Å²) in [6, 6.07) is 0. The van der Waals surface area contributed by atoms with Crippen molar-refractivity contribution < 1.29 is 0 Å². The fourth-order valence-corrected chi connectivity index (χ4v) is 0.286. The van der Waals surface area contributed by atoms with Gasteiger partial charge in [0.15, 0.2) is 5.16 Å². The van der Waals surface area contributed by atoms with Crippen LogP contribution in [0, 0.1) is 5.53 Å². The third-order valence-electron chi connectivity index (χ3n) is 0.533. The first kappa shape index (κ1) is 7.37. The second kappa shape index (κ2) is 4.53. The van der Waals surface area contributed by atoms with Crippen molar-refractivity contribution >= 4 is 11.6 Å². The Kier molecular flexibility index (Phi) is 4.17. The van der Waals surface area contributed by atoms with Crippen LogP contribution in [0.25, 0.3) is 0 Å². The highest BCUT2D eigenvalue weighted by Gasteiger charge is 1.77. The standard InChI is InChI=1S/C5H7ClN2/c1-2-3-4-5(6)8-7/h2-4,7H,1H3/b3-2+,5-4-,8-7?. The molecule has 0 saturated heterocycles. The highest BCUT2D eigenvalue weighted by atomic mass is 35.5. The first-order valence-corrected chi connectivity index (χ1v) is 2.55. The minimum Gasteiger partial charge on any atom is -0.203 e. The molecule has 0 radical (unpaired) electrons. The maximum Gasteiger partial charge on any atom is 0.150 e. The Hall–Kier alpha value is -0.630. The zero-order chi connectivity index (χ0) is 6.41. The third-order valence-corrected chi connectivity index (χ3v) is 0.744. The number of hydrogen-bond acceptors (Lipinski definition) is 2. The van der Waals surface area contributed by atoms with E-state index in [9.17, 15) is 0 Å². The van der Waals surface area contributed by atoms with E-state index in [1.807, 2.05) is 13.0 Å². The van der Waals surface area contributed by atoms with Crippen LogP contribution >= 0.6 is 11.6 Å². The van der Waals surface area contributed by atoms with Crippen molar-refractivity contribution in [2.24, 2.45) is 5.11 Å². The molecule has 8 heavy (non-hydrogen) atoms. The summed E-state index contributed by atoms with van der Waals surface area (Å²) >= 11 is 5.30. The van der Waals surface area contributed by atoms with Gasteiger partial charge in [-0.2, -0.15) is 0 Å². The maximum atomic E-state index is 6.38. The predicted molar refractivity (Wildman–Crippen MR) is 33.9 cm³/mol. The second-order valence-electron chi connectivity index (χ2n) is 1.13. The first-order chi connectivity index (χ1) is 3.81. The quantitative estimate of drug-likeness (QED) is 0.339. The van der Waals surface area contributed by atoms with Crippen molar-refractivity contribution in [3.63, 3.8) is 0 Å². The van der Waals surface area contributed by atoms with Crippen LogP contribution in [0.2, 0.25) is 0 Å². The molecule has 0 aromatic rings. The van der Waals surface area contributed by atoms with Crippen molar-refractivity contribution in [1.82, 2.24) is 0 Å². The van der Waals surface area contributed by atoms with Gasteiger partial charge in [-0.1, -0.05) is 23.8 Å². The van der Waals surface area contributed by atoms with Gasteiger partial charge in [0.1, 0.15) is 0 Å². The van der Waals surface area contributed by atoms with Crippen LogP contribution in [0.1, 0.15) is 6.92 Å². The summed E-state index contributed by atoms with van der Waals surface area (Å²) < 4.78 is 0. The average Bonchev–Trinajstić information content (AvgIpc) is 1.83. The minimum absolute atomic E-state index is 0.197. The molecule has 0 saturated carbocycles. The molecule has 44 valence electrons. The number of halogens is 1. The summed E-state index contributed by atoms with van der Waals surface area (Å²) in [5.74, 6) is 0. The zero-order valence-electron chi connectivity index (χ0n) is 4.56. The van der Waals surface area contributed by atoms with E-state index in [4.69, 9.17) is 17.1 Å². The molecule has 0 rings (SSSR count). The molecule has 0 unspecified atom stereocenters. The molecule has 2 nitrogen and oxygen atoms in total. The van der Waals surface area contributed by atoms with E-state index in [-0.39, 0.29) is 5.16 Å². The Morgan fingerprint density at radius 2 is 2.38 bits per heavy atom. The zero-order valence-corrected chi connectivity index (χ0v) is 5.31. The van der Waals surface area contributed by atoms with Crippen molar-refractivity contribution in [1.29, 1.82) is 5.53 Å². The van der Waals surface area contributed by atoms with Gasteiger partial charge in [-0.05, 0) is 13.0 Å². The summed E-state index contributed by atoms with van der Waals surface area (Å²) in [5.41, 5.74) is 6.38. The van der Waals surface area contributed by atoms with Gasteiger partial charge in [-0.3, -0.25) is 0 Å². The van der Waals surface area contributed by atoms with Gasteiger partial charge in [-0.15, -0.1) is 5.11 Å². The van der Waals surface area contributed by atoms with E-state index in [1.165, 1.54) is 0 Å². The minimum atomic E-state index is 0.197. The van der Waals surface area contributed by atoms with Crippen LogP contribution in [0.5, 0.6) is 0 Å². The van der Waals surface area contributed by atoms with E-state index in [0.29, 0.717) is 0 Å². The Labute approximate surface area is 53.4 Å². The van der Waals surface area contributed by atoms with Gasteiger partial charge in [0.25, 0.3) is 0 Å². The van der Waals surface area contributed by atoms with Crippen molar-refractivity contribution in [2.45, 2.75) is 6.92 Å². The van der Waals surface area contributed by atoms with E-state index in [0.717, 1.165) is 0 Å². The van der Waals surface area contributed by atoms with Crippen LogP contribution in [-0.4, -0.2) is 0 Å². The van der Waals surface area contributed by atoms with Crippen LogP contribution in [0.3, 0.4) is 0 Å². The fourth-order valence-electron chi connectivity index (χ4n) is 0.213. The SMILES string of the molecule is C/C=C/C=C(/Cl)N=N. The Balaban J connectivity index is 3.74. The number of allylic oxidation sites excluding steroid dienone is 3. The van der Waals surface area contributed by atoms with Gasteiger partial charge >= 0.3 is 0 Å². The number of nitrogens with one attached hydrogen (secondary N) is 1. The van der Waals surface area contributed by atoms with Crippen LogP contribution in [-0.2, 0) is 0 Å². The summed E-state index contributed by atoms with van der Waals surface area (Å²) in [6.07, 6.45) is 5.09. The molecule has 0 atom stereocenters. The van der Waals surface area contributed by atoms with E-state index in [1.54, 1.807) is 12.2 Å². The lowest BCUT2D eigenvalue weighted by molar-refractivity contribution is 1.12. The normalized spacial score (nSPS) is 12.5. The summed E-state index contributed by atoms with van der Waals surface area (Å²) in [4.78, 5) is 0. The molecule has 0 aromatic carbocycles. The Morgan fingerprint density at radius 1 is 1.75 bits per heavy atom. The summed E-state index contributed by atoms with van der Waals surface area (Å²) in [6.45, 7) is 1.87. The summed E-state index contributed by atoms with van der Waals surface area (Å²) in [7, 11) is 0. The van der Waals surface area contributed by atoms with Gasteiger partial charge in [0.2, 0.25) is 0 Å². The Bertz CT molecular complexity index is 126. The molecule has 0 spiro atoms. The van der Waals surface area contributed by atoms with E-state index < -0.39 is 0 Å². The van der Waals surface area contributed by atoms with E-state index in [2.05, 4.69) is 5.11 Å². The molecular formula is C5H7ClN2. The summed E-state index contributed by atoms with van der Waals surface area (Å²) in [5, 5.41) is 3.15. The van der Waals surface area contributed by atoms with Crippen molar-refractivity contribution in [3.05, 3.63) is 23.4 Å². The molecule has 0 aliphatic heterocycles. The number of rotatable bonds is 2. The maximum absolute atomic E-state index is 6.38. The van der Waals surface area contributed by atoms with Crippen LogP contribution in [0.15, 0.2) is 28.5 Å². The predicted octanol–water partition coefficient (Wildman–Crippen LogP) is 2.67. The van der Waals surface area contributed by atoms with Crippen LogP contribution in [0.4, 0.5) is 0 Å². The van der Waals surface area contributed by atoms with Gasteiger partial charge in [0, 0.05) is 0 Å².